The number of aromatic amines is 1. The number of imidazole rings is 2. The van der Waals surface area contributed by atoms with E-state index in [1.54, 1.807) is 0 Å². The second-order valence-corrected chi connectivity index (χ2v) is 9.17. The van der Waals surface area contributed by atoms with E-state index in [1.165, 1.54) is 0 Å². The lowest BCUT2D eigenvalue weighted by atomic mass is 9.92. The minimum Gasteiger partial charge on any atom is -0.345 e. The molecule has 0 atom stereocenters. The summed E-state index contributed by atoms with van der Waals surface area (Å²) in [4.78, 5) is 12.5. The third-order valence-electron chi connectivity index (χ3n) is 6.10. The molecule has 0 spiro atoms. The summed E-state index contributed by atoms with van der Waals surface area (Å²) in [6.07, 6.45) is 6.20. The van der Waals surface area contributed by atoms with Gasteiger partial charge in [0, 0.05) is 42.0 Å². The van der Waals surface area contributed by atoms with Crippen LogP contribution in [-0.2, 0) is 16.0 Å². The minimum absolute atomic E-state index is 0.0807. The van der Waals surface area contributed by atoms with Gasteiger partial charge < -0.3 is 24.3 Å². The Bertz CT molecular complexity index is 1090. The number of aryl methyl sites for hydroxylation is 1. The highest BCUT2D eigenvalue weighted by Crippen LogP contribution is 2.35. The fourth-order valence-electron chi connectivity index (χ4n) is 4.22. The molecule has 5 rings (SSSR count). The van der Waals surface area contributed by atoms with E-state index in [9.17, 15) is 0 Å². The normalized spacial score (nSPS) is 20.4. The standard InChI is InChI=1S/C27H31N5O2/c1-27(17-28-13-8-15-32-16-14-29-20-32)18-33-26(34-19-27)25-30-23(21-9-4-2-5-10-21)24(31-25)22-11-6-3-7-12-22/h2-7,9-12,14,16,20,26,28H,8,13,15,17-19H2,1H3,(H,30,31). The SMILES string of the molecule is CC1(CNCCCn2ccnc2)COC(c2nc(-c3ccccc3)c(-c3ccccc3)[nH]2)OC1. The number of hydrogen-bond donors (Lipinski definition) is 2. The van der Waals surface area contributed by atoms with Crippen molar-refractivity contribution in [2.45, 2.75) is 26.2 Å². The number of H-pyrrole nitrogens is 1. The van der Waals surface area contributed by atoms with Crippen molar-refractivity contribution in [2.75, 3.05) is 26.3 Å². The van der Waals surface area contributed by atoms with Crippen LogP contribution in [0.15, 0.2) is 79.4 Å². The van der Waals surface area contributed by atoms with Gasteiger partial charge in [-0.3, -0.25) is 0 Å². The van der Waals surface area contributed by atoms with E-state index >= 15 is 0 Å². The Morgan fingerprint density at radius 1 is 1.03 bits per heavy atom. The van der Waals surface area contributed by atoms with Crippen molar-refractivity contribution >= 4 is 0 Å². The second-order valence-electron chi connectivity index (χ2n) is 9.17. The molecule has 7 heteroatoms. The van der Waals surface area contributed by atoms with Gasteiger partial charge in [0.05, 0.1) is 30.9 Å². The monoisotopic (exact) mass is 457 g/mol. The first-order valence-corrected chi connectivity index (χ1v) is 11.8. The van der Waals surface area contributed by atoms with Crippen LogP contribution in [0, 0.1) is 5.41 Å². The number of rotatable bonds is 9. The molecule has 0 aliphatic carbocycles. The van der Waals surface area contributed by atoms with Crippen molar-refractivity contribution in [3.63, 3.8) is 0 Å². The third-order valence-corrected chi connectivity index (χ3v) is 6.10. The number of ether oxygens (including phenoxy) is 2. The van der Waals surface area contributed by atoms with Crippen molar-refractivity contribution in [1.82, 2.24) is 24.8 Å². The summed E-state index contributed by atoms with van der Waals surface area (Å²) in [5.74, 6) is 0.702. The molecule has 1 fully saturated rings. The van der Waals surface area contributed by atoms with Gasteiger partial charge in [-0.1, -0.05) is 67.6 Å². The smallest absolute Gasteiger partial charge is 0.217 e. The second kappa shape index (κ2) is 10.3. The average molecular weight is 458 g/mol. The summed E-state index contributed by atoms with van der Waals surface area (Å²) in [5.41, 5.74) is 3.94. The molecule has 1 aliphatic rings. The Labute approximate surface area is 200 Å². The molecule has 34 heavy (non-hydrogen) atoms. The molecule has 2 aromatic carbocycles. The molecule has 176 valence electrons. The van der Waals surface area contributed by atoms with Gasteiger partial charge in [-0.2, -0.15) is 0 Å². The number of nitrogens with zero attached hydrogens (tertiary/aromatic N) is 3. The van der Waals surface area contributed by atoms with Gasteiger partial charge in [-0.15, -0.1) is 0 Å². The van der Waals surface area contributed by atoms with Gasteiger partial charge in [-0.25, -0.2) is 9.97 Å². The molecule has 0 saturated carbocycles. The van der Waals surface area contributed by atoms with Crippen LogP contribution >= 0.6 is 0 Å². The van der Waals surface area contributed by atoms with Crippen LogP contribution < -0.4 is 5.32 Å². The molecule has 0 bridgehead atoms. The third kappa shape index (κ3) is 5.28. The van der Waals surface area contributed by atoms with E-state index < -0.39 is 6.29 Å². The Balaban J connectivity index is 1.22. The first-order chi connectivity index (χ1) is 16.7. The summed E-state index contributed by atoms with van der Waals surface area (Å²) < 4.78 is 14.4. The Morgan fingerprint density at radius 2 is 1.74 bits per heavy atom. The van der Waals surface area contributed by atoms with Gasteiger partial charge in [0.15, 0.2) is 5.82 Å². The highest BCUT2D eigenvalue weighted by molar-refractivity contribution is 5.78. The zero-order chi connectivity index (χ0) is 23.2. The van der Waals surface area contributed by atoms with Gasteiger partial charge in [-0.05, 0) is 13.0 Å². The summed E-state index contributed by atoms with van der Waals surface area (Å²) >= 11 is 0. The fourth-order valence-corrected chi connectivity index (χ4v) is 4.22. The summed E-state index contributed by atoms with van der Waals surface area (Å²) in [6, 6.07) is 20.5. The maximum absolute atomic E-state index is 6.17. The van der Waals surface area contributed by atoms with Crippen LogP contribution in [0.2, 0.25) is 0 Å². The van der Waals surface area contributed by atoms with E-state index in [2.05, 4.69) is 51.0 Å². The molecular weight excluding hydrogens is 426 g/mol. The number of aromatic nitrogens is 4. The molecule has 4 aromatic rings. The maximum atomic E-state index is 6.17. The molecule has 2 aromatic heterocycles. The van der Waals surface area contributed by atoms with E-state index in [4.69, 9.17) is 14.5 Å². The van der Waals surface area contributed by atoms with E-state index in [-0.39, 0.29) is 5.41 Å². The van der Waals surface area contributed by atoms with Crippen LogP contribution in [0.3, 0.4) is 0 Å². The van der Waals surface area contributed by atoms with E-state index in [0.717, 1.165) is 48.6 Å². The van der Waals surface area contributed by atoms with Crippen LogP contribution in [-0.4, -0.2) is 45.8 Å². The molecule has 0 amide bonds. The van der Waals surface area contributed by atoms with Gasteiger partial charge in [0.25, 0.3) is 0 Å². The predicted molar refractivity (Wildman–Crippen MR) is 132 cm³/mol. The maximum Gasteiger partial charge on any atom is 0.217 e. The lowest BCUT2D eigenvalue weighted by Gasteiger charge is -2.36. The average Bonchev–Trinajstić information content (AvgIpc) is 3.56. The molecule has 1 aliphatic heterocycles. The van der Waals surface area contributed by atoms with Gasteiger partial charge >= 0.3 is 0 Å². The summed E-state index contributed by atoms with van der Waals surface area (Å²) in [6.45, 7) is 6.15. The quantitative estimate of drug-likeness (QED) is 0.357. The zero-order valence-electron chi connectivity index (χ0n) is 19.5. The topological polar surface area (TPSA) is 77.0 Å². The molecule has 3 heterocycles. The largest absolute Gasteiger partial charge is 0.345 e. The molecule has 1 saturated heterocycles. The molecule has 2 N–H and O–H groups in total. The minimum atomic E-state index is -0.505. The first kappa shape index (κ1) is 22.5. The van der Waals surface area contributed by atoms with Crippen LogP contribution in [0.1, 0.15) is 25.5 Å². The van der Waals surface area contributed by atoms with Crippen molar-refractivity contribution in [2.24, 2.45) is 5.41 Å². The lowest BCUT2D eigenvalue weighted by Crippen LogP contribution is -2.44. The lowest BCUT2D eigenvalue weighted by molar-refractivity contribution is -0.232. The Hall–Kier alpha value is -3.26. The Kier molecular flexibility index (Phi) is 6.85. The van der Waals surface area contributed by atoms with Crippen molar-refractivity contribution < 1.29 is 9.47 Å². The van der Waals surface area contributed by atoms with E-state index in [1.807, 2.05) is 55.1 Å². The molecule has 7 nitrogen and oxygen atoms in total. The molecule has 0 radical (unpaired) electrons. The van der Waals surface area contributed by atoms with Crippen LogP contribution in [0.5, 0.6) is 0 Å². The van der Waals surface area contributed by atoms with Crippen molar-refractivity contribution in [3.8, 4) is 22.5 Å². The van der Waals surface area contributed by atoms with Crippen molar-refractivity contribution in [3.05, 3.63) is 85.2 Å². The fraction of sp³-hybridized carbons (Fsp3) is 0.333. The molecule has 0 unspecified atom stereocenters. The first-order valence-electron chi connectivity index (χ1n) is 11.8. The Morgan fingerprint density at radius 3 is 2.41 bits per heavy atom. The van der Waals surface area contributed by atoms with Crippen LogP contribution in [0.4, 0.5) is 0 Å². The zero-order valence-corrected chi connectivity index (χ0v) is 19.5. The van der Waals surface area contributed by atoms with Gasteiger partial charge in [0.2, 0.25) is 6.29 Å². The van der Waals surface area contributed by atoms with Crippen molar-refractivity contribution in [1.29, 1.82) is 0 Å². The summed E-state index contributed by atoms with van der Waals surface area (Å²) in [7, 11) is 0. The number of hydrogen-bond acceptors (Lipinski definition) is 5. The highest BCUT2D eigenvalue weighted by Gasteiger charge is 2.34. The highest BCUT2D eigenvalue weighted by atomic mass is 16.7. The number of benzene rings is 2. The van der Waals surface area contributed by atoms with E-state index in [0.29, 0.717) is 19.0 Å². The van der Waals surface area contributed by atoms with Gasteiger partial charge in [0.1, 0.15) is 0 Å². The predicted octanol–water partition coefficient (Wildman–Crippen LogP) is 4.67. The number of nitrogens with one attached hydrogen (secondary N) is 2. The molecular formula is C27H31N5O2. The van der Waals surface area contributed by atoms with Crippen LogP contribution in [0.25, 0.3) is 22.5 Å². The summed E-state index contributed by atoms with van der Waals surface area (Å²) in [5, 5.41) is 3.55.